The third-order valence-corrected chi connectivity index (χ3v) is 15.8. The summed E-state index contributed by atoms with van der Waals surface area (Å²) in [5.41, 5.74) is 0. The van der Waals surface area contributed by atoms with Gasteiger partial charge in [0.05, 0.1) is 25.3 Å². The second-order valence-corrected chi connectivity index (χ2v) is 22.5. The number of phosphoric ester groups is 1. The van der Waals surface area contributed by atoms with Crippen LogP contribution < -0.4 is 21.3 Å². The van der Waals surface area contributed by atoms with E-state index in [2.05, 4.69) is 35.1 Å². The van der Waals surface area contributed by atoms with Crippen LogP contribution in [0.1, 0.15) is 245 Å². The number of carbonyl (C=O) groups is 5. The van der Waals surface area contributed by atoms with Gasteiger partial charge in [0.15, 0.2) is 6.10 Å². The van der Waals surface area contributed by atoms with Gasteiger partial charge >= 0.3 is 25.8 Å². The molecule has 0 aliphatic carbocycles. The van der Waals surface area contributed by atoms with Crippen molar-refractivity contribution in [3.8, 4) is 0 Å². The molecule has 2 aliphatic rings. The van der Waals surface area contributed by atoms with Crippen molar-refractivity contribution in [2.24, 2.45) is 0 Å². The second-order valence-electron chi connectivity index (χ2n) is 19.8. The molecule has 15 nitrogen and oxygen atoms in total. The summed E-state index contributed by atoms with van der Waals surface area (Å²) in [7, 11) is -4.59. The SMILES string of the molecule is CCCCCCCCCCCCCCCC(=O)OCC(COP(=O)(O)OCCNC(=O)CCCCCNC(=O)CCCC[C@@H]1SC[C@@H]2NC(=O)N[C@@H]21)OC(=O)CCCCCCCCCCCCCCC. The van der Waals surface area contributed by atoms with Gasteiger partial charge in [-0.1, -0.05) is 181 Å². The number of rotatable bonds is 49. The lowest BCUT2D eigenvalue weighted by Crippen LogP contribution is -2.36. The monoisotopic (exact) mass is 1030 g/mol. The first-order valence-electron chi connectivity index (χ1n) is 28.2. The van der Waals surface area contributed by atoms with E-state index in [9.17, 15) is 33.4 Å². The van der Waals surface area contributed by atoms with Crippen LogP contribution in [0, 0.1) is 0 Å². The number of phosphoric acid groups is 1. The second kappa shape index (κ2) is 43.1. The van der Waals surface area contributed by atoms with Crippen molar-refractivity contribution in [1.29, 1.82) is 0 Å². The lowest BCUT2D eigenvalue weighted by Gasteiger charge is -2.20. The maximum absolute atomic E-state index is 12.8. The Kier molecular flexibility index (Phi) is 39.2. The number of hydrogen-bond donors (Lipinski definition) is 5. The summed E-state index contributed by atoms with van der Waals surface area (Å²) in [5.74, 6) is -0.174. The lowest BCUT2D eigenvalue weighted by molar-refractivity contribution is -0.161. The van der Waals surface area contributed by atoms with E-state index in [1.54, 1.807) is 0 Å². The van der Waals surface area contributed by atoms with E-state index in [0.29, 0.717) is 37.5 Å². The fraction of sp³-hybridized carbons (Fsp3) is 0.906. The standard InChI is InChI=1S/C53H99N4O11PS/c1-3-5-7-9-11-13-15-17-19-21-23-25-29-37-50(60)65-42-45(68-51(61)38-30-26-24-22-20-18-16-14-12-10-8-6-4-2)43-67-69(63,64)66-41-40-55-49(59)35-28-27-33-39-54-48(58)36-32-31-34-47-52-46(44-70-47)56-53(62)57-52/h45-47,52H,3-44H2,1-2H3,(H,54,58)(H,55,59)(H,63,64)(H2,56,57,62)/t45?,46-,47-,52-/m0/s1. The molecule has 70 heavy (non-hydrogen) atoms. The van der Waals surface area contributed by atoms with Gasteiger partial charge in [-0.3, -0.25) is 28.2 Å². The summed E-state index contributed by atoms with van der Waals surface area (Å²) in [6, 6.07) is 0.308. The van der Waals surface area contributed by atoms with Crippen LogP contribution in [0.4, 0.5) is 4.79 Å². The maximum Gasteiger partial charge on any atom is 0.472 e. The van der Waals surface area contributed by atoms with Crippen molar-refractivity contribution in [3.63, 3.8) is 0 Å². The number of esters is 2. The fourth-order valence-corrected chi connectivity index (χ4v) is 11.3. The molecule has 2 unspecified atom stereocenters. The molecule has 0 aromatic rings. The van der Waals surface area contributed by atoms with Crippen molar-refractivity contribution >= 4 is 49.4 Å². The van der Waals surface area contributed by atoms with Crippen LogP contribution in [0.2, 0.25) is 0 Å². The number of ether oxygens (including phenoxy) is 2. The van der Waals surface area contributed by atoms with E-state index in [1.165, 1.54) is 116 Å². The van der Waals surface area contributed by atoms with Gasteiger partial charge in [0.2, 0.25) is 11.8 Å². The Morgan fingerprint density at radius 1 is 0.586 bits per heavy atom. The van der Waals surface area contributed by atoms with Crippen molar-refractivity contribution in [2.75, 3.05) is 38.7 Å². The predicted octanol–water partition coefficient (Wildman–Crippen LogP) is 12.1. The highest BCUT2D eigenvalue weighted by Crippen LogP contribution is 2.43. The Balaban J connectivity index is 1.59. The average molecular weight is 1030 g/mol. The van der Waals surface area contributed by atoms with E-state index >= 15 is 0 Å². The molecule has 408 valence electrons. The molecular weight excluding hydrogens is 932 g/mol. The van der Waals surface area contributed by atoms with Crippen LogP contribution in [0.5, 0.6) is 0 Å². The number of urea groups is 1. The summed E-state index contributed by atoms with van der Waals surface area (Å²) in [4.78, 5) is 72.0. The maximum atomic E-state index is 12.8. The fourth-order valence-electron chi connectivity index (χ4n) is 9.03. The number of hydrogen-bond acceptors (Lipinski definition) is 11. The number of carbonyl (C=O) groups excluding carboxylic acids is 5. The largest absolute Gasteiger partial charge is 0.472 e. The molecule has 17 heteroatoms. The number of thioether (sulfide) groups is 1. The highest BCUT2D eigenvalue weighted by atomic mass is 32.2. The third kappa shape index (κ3) is 35.7. The Labute approximate surface area is 428 Å². The molecule has 0 bridgehead atoms. The summed E-state index contributed by atoms with van der Waals surface area (Å²) in [6.07, 6.45) is 36.0. The minimum absolute atomic E-state index is 0.0106. The van der Waals surface area contributed by atoms with Crippen molar-refractivity contribution in [1.82, 2.24) is 21.3 Å². The number of nitrogens with one attached hydrogen (secondary N) is 4. The Hall–Kier alpha value is -2.39. The zero-order valence-electron chi connectivity index (χ0n) is 43.9. The zero-order valence-corrected chi connectivity index (χ0v) is 45.6. The molecule has 5 atom stereocenters. The number of amides is 4. The van der Waals surface area contributed by atoms with Crippen LogP contribution in [0.3, 0.4) is 0 Å². The van der Waals surface area contributed by atoms with Crippen LogP contribution in [-0.4, -0.2) is 96.8 Å². The van der Waals surface area contributed by atoms with Crippen molar-refractivity contribution in [3.05, 3.63) is 0 Å². The normalized spacial score (nSPS) is 17.6. The van der Waals surface area contributed by atoms with Gasteiger partial charge in [-0.15, -0.1) is 0 Å². The van der Waals surface area contributed by atoms with Gasteiger partial charge in [-0.25, -0.2) is 9.36 Å². The van der Waals surface area contributed by atoms with E-state index < -0.39 is 32.5 Å². The predicted molar refractivity (Wildman–Crippen MR) is 282 cm³/mol. The highest BCUT2D eigenvalue weighted by Gasteiger charge is 2.42. The Morgan fingerprint density at radius 2 is 1.04 bits per heavy atom. The molecule has 2 heterocycles. The summed E-state index contributed by atoms with van der Waals surface area (Å²) in [5, 5.41) is 12.0. The third-order valence-electron chi connectivity index (χ3n) is 13.3. The first-order chi connectivity index (χ1) is 34.0. The van der Waals surface area contributed by atoms with E-state index in [-0.39, 0.29) is 69.0 Å². The molecule has 2 rings (SSSR count). The molecule has 5 N–H and O–H groups in total. The minimum Gasteiger partial charge on any atom is -0.462 e. The molecule has 0 radical (unpaired) electrons. The summed E-state index contributed by atoms with van der Waals surface area (Å²) >= 11 is 1.88. The Morgan fingerprint density at radius 3 is 1.59 bits per heavy atom. The lowest BCUT2D eigenvalue weighted by atomic mass is 10.0. The van der Waals surface area contributed by atoms with Gasteiger partial charge in [-0.05, 0) is 38.5 Å². The van der Waals surface area contributed by atoms with E-state index in [1.807, 2.05) is 11.8 Å². The molecule has 0 saturated carbocycles. The van der Waals surface area contributed by atoms with Gasteiger partial charge < -0.3 is 35.6 Å². The molecule has 2 saturated heterocycles. The van der Waals surface area contributed by atoms with Crippen LogP contribution in [0.25, 0.3) is 0 Å². The van der Waals surface area contributed by atoms with E-state index in [4.69, 9.17) is 18.5 Å². The van der Waals surface area contributed by atoms with Gasteiger partial charge in [-0.2, -0.15) is 11.8 Å². The molecule has 4 amide bonds. The quantitative estimate of drug-likeness (QED) is 0.0167. The molecule has 0 spiro atoms. The highest BCUT2D eigenvalue weighted by molar-refractivity contribution is 8.00. The van der Waals surface area contributed by atoms with Crippen LogP contribution in [0.15, 0.2) is 0 Å². The molecular formula is C53H99N4O11PS. The first-order valence-corrected chi connectivity index (χ1v) is 30.8. The zero-order chi connectivity index (χ0) is 50.8. The van der Waals surface area contributed by atoms with Gasteiger partial charge in [0, 0.05) is 49.8 Å². The molecule has 0 aromatic carbocycles. The summed E-state index contributed by atoms with van der Waals surface area (Å²) < 4.78 is 34.0. The average Bonchev–Trinajstić information content (AvgIpc) is 3.90. The van der Waals surface area contributed by atoms with Crippen LogP contribution >= 0.6 is 19.6 Å². The molecule has 2 fully saturated rings. The van der Waals surface area contributed by atoms with Gasteiger partial charge in [0.1, 0.15) is 6.61 Å². The van der Waals surface area contributed by atoms with Crippen LogP contribution in [-0.2, 0) is 42.3 Å². The van der Waals surface area contributed by atoms with Crippen molar-refractivity contribution < 1.29 is 52.0 Å². The topological polar surface area (TPSA) is 208 Å². The summed E-state index contributed by atoms with van der Waals surface area (Å²) in [6.45, 7) is 3.93. The first kappa shape index (κ1) is 63.7. The minimum atomic E-state index is -4.59. The number of unbranched alkanes of at least 4 members (excludes halogenated alkanes) is 27. The number of fused-ring (bicyclic) bond motifs is 1. The molecule has 0 aromatic heterocycles. The van der Waals surface area contributed by atoms with Gasteiger partial charge in [0.25, 0.3) is 0 Å². The Bertz CT molecular complexity index is 1430. The molecule has 2 aliphatic heterocycles. The van der Waals surface area contributed by atoms with E-state index in [0.717, 1.165) is 76.4 Å². The van der Waals surface area contributed by atoms with Crippen molar-refractivity contribution in [2.45, 2.75) is 268 Å². The smallest absolute Gasteiger partial charge is 0.462 e.